The fourth-order valence-electron chi connectivity index (χ4n) is 2.52. The normalized spacial score (nSPS) is 12.9. The molecule has 0 bridgehead atoms. The van der Waals surface area contributed by atoms with Crippen LogP contribution in [0.1, 0.15) is 11.3 Å². The topological polar surface area (TPSA) is 60.0 Å². The lowest BCUT2D eigenvalue weighted by atomic mass is 10.2. The second kappa shape index (κ2) is 8.64. The third-order valence-corrected chi connectivity index (χ3v) is 4.99. The molecule has 0 amide bonds. The molecular weight excluding hydrogens is 474 g/mol. The lowest BCUT2D eigenvalue weighted by Gasteiger charge is -2.21. The summed E-state index contributed by atoms with van der Waals surface area (Å²) in [4.78, 5) is 10.9. The van der Waals surface area contributed by atoms with Crippen LogP contribution >= 0.6 is 11.8 Å². The number of nitrogens with zero attached hydrogens (tertiary/aromatic N) is 2. The summed E-state index contributed by atoms with van der Waals surface area (Å²) in [6.07, 6.45) is -9.17. The first-order chi connectivity index (χ1) is 14.8. The molecule has 2 aromatic heterocycles. The molecule has 0 saturated carbocycles. The molecular formula is C18H13F8N3O2S. The molecule has 1 N–H and O–H groups in total. The Morgan fingerprint density at radius 1 is 1.03 bits per heavy atom. The van der Waals surface area contributed by atoms with E-state index in [0.717, 1.165) is 43.3 Å². The number of fused-ring (bicyclic) bond motifs is 1. The van der Waals surface area contributed by atoms with Gasteiger partial charge >= 0.3 is 18.3 Å². The fraction of sp³-hybridized carbons (Fsp3) is 0.333. The number of hydrogen-bond donors (Lipinski definition) is 1. The molecule has 0 aliphatic rings. The van der Waals surface area contributed by atoms with E-state index < -0.39 is 30.4 Å². The summed E-state index contributed by atoms with van der Waals surface area (Å²) in [7, 11) is 1.15. The second-order valence-electron chi connectivity index (χ2n) is 6.34. The van der Waals surface area contributed by atoms with Crippen molar-refractivity contribution in [3.8, 4) is 11.5 Å². The molecule has 0 saturated heterocycles. The number of ether oxygens (including phenoxy) is 2. The van der Waals surface area contributed by atoms with Crippen LogP contribution in [-0.4, -0.2) is 40.8 Å². The van der Waals surface area contributed by atoms with Gasteiger partial charge in [-0.15, -0.1) is 0 Å². The number of benzene rings is 1. The van der Waals surface area contributed by atoms with Crippen LogP contribution in [-0.2, 0) is 11.9 Å². The van der Waals surface area contributed by atoms with Gasteiger partial charge in [0.2, 0.25) is 0 Å². The van der Waals surface area contributed by atoms with Gasteiger partial charge in [-0.25, -0.2) is 4.98 Å². The quantitative estimate of drug-likeness (QED) is 0.335. The molecule has 174 valence electrons. The molecule has 0 spiro atoms. The predicted octanol–water partition coefficient (Wildman–Crippen LogP) is 5.85. The van der Waals surface area contributed by atoms with E-state index >= 15 is 0 Å². The number of aromatic nitrogens is 3. The highest BCUT2D eigenvalue weighted by atomic mass is 32.2. The number of rotatable bonds is 7. The molecule has 5 nitrogen and oxygen atoms in total. The van der Waals surface area contributed by atoms with Gasteiger partial charge in [-0.2, -0.15) is 35.1 Å². The lowest BCUT2D eigenvalue weighted by molar-refractivity contribution is -0.290. The summed E-state index contributed by atoms with van der Waals surface area (Å²) in [5.74, 6) is -5.60. The molecule has 0 aliphatic carbocycles. The summed E-state index contributed by atoms with van der Waals surface area (Å²) >= 11 is 1.00. The highest BCUT2D eigenvalue weighted by Gasteiger charge is 2.58. The number of hydrogen-bond acceptors (Lipinski definition) is 5. The number of methoxy groups -OCH3 is 1. The SMILES string of the molecule is COc1c(OCC(F)(F)C(F)(F)F)ccnc1CSc1nc2cc(C(F)(F)F)ccc2[nH]1. The maximum absolute atomic E-state index is 13.1. The van der Waals surface area contributed by atoms with E-state index in [9.17, 15) is 35.1 Å². The van der Waals surface area contributed by atoms with E-state index in [1.807, 2.05) is 0 Å². The van der Waals surface area contributed by atoms with E-state index in [4.69, 9.17) is 4.74 Å². The Bertz CT molecular complexity index is 1100. The predicted molar refractivity (Wildman–Crippen MR) is 97.9 cm³/mol. The largest absolute Gasteiger partial charge is 0.491 e. The molecule has 0 aliphatic heterocycles. The van der Waals surface area contributed by atoms with E-state index in [1.54, 1.807) is 0 Å². The molecule has 0 atom stereocenters. The van der Waals surface area contributed by atoms with Gasteiger partial charge in [-0.05, 0) is 18.2 Å². The highest BCUT2D eigenvalue weighted by molar-refractivity contribution is 7.98. The van der Waals surface area contributed by atoms with E-state index in [1.165, 1.54) is 6.07 Å². The monoisotopic (exact) mass is 487 g/mol. The van der Waals surface area contributed by atoms with E-state index in [-0.39, 0.29) is 33.6 Å². The second-order valence-corrected chi connectivity index (χ2v) is 7.30. The number of imidazole rings is 1. The minimum absolute atomic E-state index is 0.00197. The molecule has 2 heterocycles. The number of halogens is 8. The first-order valence-corrected chi connectivity index (χ1v) is 9.59. The Morgan fingerprint density at radius 2 is 1.75 bits per heavy atom. The van der Waals surface area contributed by atoms with Crippen molar-refractivity contribution in [2.45, 2.75) is 29.2 Å². The van der Waals surface area contributed by atoms with Crippen molar-refractivity contribution in [3.63, 3.8) is 0 Å². The van der Waals surface area contributed by atoms with E-state index in [0.29, 0.717) is 5.52 Å². The summed E-state index contributed by atoms with van der Waals surface area (Å²) in [5.41, 5.74) is -0.292. The van der Waals surface area contributed by atoms with Crippen molar-refractivity contribution >= 4 is 22.8 Å². The minimum atomic E-state index is -5.78. The third kappa shape index (κ3) is 5.16. The standard InChI is InChI=1S/C18H13F8N3O2S/c1-30-14-12(27-5-4-13(14)31-8-16(19,20)18(24,25)26)7-32-15-28-10-3-2-9(17(21,22)23)6-11(10)29-15/h2-6H,7-8H2,1H3,(H,28,29). The Hall–Kier alpha value is -2.77. The van der Waals surface area contributed by atoms with Crippen LogP contribution in [0.3, 0.4) is 0 Å². The van der Waals surface area contributed by atoms with Gasteiger partial charge in [0.05, 0.1) is 29.4 Å². The number of alkyl halides is 8. The first-order valence-electron chi connectivity index (χ1n) is 8.61. The number of thioether (sulfide) groups is 1. The first kappa shape index (κ1) is 23.9. The Balaban J connectivity index is 1.76. The smallest absolute Gasteiger partial charge is 0.456 e. The molecule has 32 heavy (non-hydrogen) atoms. The van der Waals surface area contributed by atoms with E-state index in [2.05, 4.69) is 19.7 Å². The van der Waals surface area contributed by atoms with Crippen molar-refractivity contribution < 1.29 is 44.6 Å². The van der Waals surface area contributed by atoms with Gasteiger partial charge in [0, 0.05) is 18.0 Å². The maximum atomic E-state index is 13.1. The average Bonchev–Trinajstić information content (AvgIpc) is 3.11. The van der Waals surface area contributed by atoms with Crippen LogP contribution in [0.15, 0.2) is 35.6 Å². The average molecular weight is 487 g/mol. The van der Waals surface area contributed by atoms with Crippen LogP contribution in [0, 0.1) is 0 Å². The molecule has 3 aromatic rings. The van der Waals surface area contributed by atoms with Crippen molar-refractivity contribution in [1.29, 1.82) is 0 Å². The van der Waals surface area contributed by atoms with Crippen molar-refractivity contribution in [2.24, 2.45) is 0 Å². The molecule has 3 rings (SSSR count). The number of pyridine rings is 1. The van der Waals surface area contributed by atoms with Gasteiger partial charge in [-0.3, -0.25) is 4.98 Å². The molecule has 14 heteroatoms. The van der Waals surface area contributed by atoms with Crippen molar-refractivity contribution in [2.75, 3.05) is 13.7 Å². The van der Waals surface area contributed by atoms with Gasteiger partial charge in [0.15, 0.2) is 23.3 Å². The van der Waals surface area contributed by atoms with Gasteiger partial charge < -0.3 is 14.5 Å². The van der Waals surface area contributed by atoms with Crippen LogP contribution in [0.25, 0.3) is 11.0 Å². The zero-order valence-electron chi connectivity index (χ0n) is 15.9. The zero-order chi connectivity index (χ0) is 23.7. The lowest BCUT2D eigenvalue weighted by Crippen LogP contribution is -2.41. The van der Waals surface area contributed by atoms with Crippen molar-refractivity contribution in [3.05, 3.63) is 41.7 Å². The van der Waals surface area contributed by atoms with Crippen molar-refractivity contribution in [1.82, 2.24) is 15.0 Å². The summed E-state index contributed by atoms with van der Waals surface area (Å²) in [6.45, 7) is -1.95. The van der Waals surface area contributed by atoms with Crippen LogP contribution < -0.4 is 9.47 Å². The Labute approximate surface area is 179 Å². The van der Waals surface area contributed by atoms with Gasteiger partial charge in [0.1, 0.15) is 0 Å². The molecule has 0 fully saturated rings. The van der Waals surface area contributed by atoms with Crippen LogP contribution in [0.4, 0.5) is 35.1 Å². The summed E-state index contributed by atoms with van der Waals surface area (Å²) in [5, 5.41) is 0.234. The number of H-pyrrole nitrogens is 1. The minimum Gasteiger partial charge on any atom is -0.491 e. The molecule has 1 aromatic carbocycles. The number of nitrogens with one attached hydrogen (secondary N) is 1. The Morgan fingerprint density at radius 3 is 2.38 bits per heavy atom. The fourth-order valence-corrected chi connectivity index (χ4v) is 3.34. The van der Waals surface area contributed by atoms with Crippen LogP contribution in [0.2, 0.25) is 0 Å². The maximum Gasteiger partial charge on any atom is 0.456 e. The molecule has 0 radical (unpaired) electrons. The van der Waals surface area contributed by atoms with Crippen LogP contribution in [0.5, 0.6) is 11.5 Å². The number of aromatic amines is 1. The Kier molecular flexibility index (Phi) is 6.45. The zero-order valence-corrected chi connectivity index (χ0v) is 16.8. The summed E-state index contributed by atoms with van der Waals surface area (Å²) in [6, 6.07) is 4.07. The highest BCUT2D eigenvalue weighted by Crippen LogP contribution is 2.38. The van der Waals surface area contributed by atoms with Gasteiger partial charge in [0.25, 0.3) is 0 Å². The summed E-state index contributed by atoms with van der Waals surface area (Å²) < 4.78 is 111. The third-order valence-electron chi connectivity index (χ3n) is 4.10. The van der Waals surface area contributed by atoms with Gasteiger partial charge in [-0.1, -0.05) is 11.8 Å². The molecule has 0 unspecified atom stereocenters.